The van der Waals surface area contributed by atoms with Crippen molar-refractivity contribution in [2.45, 2.75) is 19.3 Å². The first kappa shape index (κ1) is 15.8. The lowest BCUT2D eigenvalue weighted by atomic mass is 9.97. The van der Waals surface area contributed by atoms with Crippen LogP contribution in [0.5, 0.6) is 0 Å². The van der Waals surface area contributed by atoms with Gasteiger partial charge in [0.2, 0.25) is 17.7 Å². The Labute approximate surface area is 146 Å². The van der Waals surface area contributed by atoms with E-state index in [4.69, 9.17) is 0 Å². The molecule has 0 saturated carbocycles. The number of likely N-dealkylation sites (tertiary alicyclic amines) is 2. The molecule has 128 valence electrons. The fourth-order valence-electron chi connectivity index (χ4n) is 3.70. The maximum absolute atomic E-state index is 12.5. The molecule has 0 aromatic heterocycles. The van der Waals surface area contributed by atoms with Crippen LogP contribution in [0.15, 0.2) is 42.5 Å². The van der Waals surface area contributed by atoms with Gasteiger partial charge in [0.05, 0.1) is 6.42 Å². The maximum atomic E-state index is 12.5. The van der Waals surface area contributed by atoms with Gasteiger partial charge in [0.25, 0.3) is 0 Å². The Hall–Kier alpha value is -2.69. The Bertz CT molecular complexity index is 834. The lowest BCUT2D eigenvalue weighted by Crippen LogP contribution is -2.54. The summed E-state index contributed by atoms with van der Waals surface area (Å²) in [5.74, 6) is 0.158. The predicted octanol–water partition coefficient (Wildman–Crippen LogP) is 1.99. The van der Waals surface area contributed by atoms with Crippen molar-refractivity contribution in [3.05, 3.63) is 48.0 Å². The third-order valence-electron chi connectivity index (χ3n) is 5.13. The topological polar surface area (TPSA) is 57.7 Å². The first-order valence-electron chi connectivity index (χ1n) is 8.69. The van der Waals surface area contributed by atoms with Crippen LogP contribution in [0.4, 0.5) is 0 Å². The molecule has 4 rings (SSSR count). The number of imide groups is 1. The average molecular weight is 336 g/mol. The van der Waals surface area contributed by atoms with E-state index in [0.717, 1.165) is 16.3 Å². The van der Waals surface area contributed by atoms with Crippen molar-refractivity contribution in [1.82, 2.24) is 9.80 Å². The number of rotatable bonds is 4. The molecule has 0 atom stereocenters. The van der Waals surface area contributed by atoms with Gasteiger partial charge in [-0.05, 0) is 16.3 Å². The van der Waals surface area contributed by atoms with E-state index in [1.54, 1.807) is 0 Å². The molecule has 5 heteroatoms. The van der Waals surface area contributed by atoms with Gasteiger partial charge in [-0.25, -0.2) is 0 Å². The summed E-state index contributed by atoms with van der Waals surface area (Å²) >= 11 is 0. The minimum Gasteiger partial charge on any atom is -0.342 e. The molecule has 2 aliphatic rings. The normalized spacial score (nSPS) is 18.1. The Morgan fingerprint density at radius 3 is 2.40 bits per heavy atom. The van der Waals surface area contributed by atoms with Crippen LogP contribution in [0.2, 0.25) is 0 Å². The van der Waals surface area contributed by atoms with E-state index in [0.29, 0.717) is 38.9 Å². The van der Waals surface area contributed by atoms with Gasteiger partial charge >= 0.3 is 0 Å². The standard InChI is InChI=1S/C20H20N2O3/c23-18-8-9-19(24)22(18)13-14-11-21(12-14)20(25)10-16-6-3-5-15-4-1-2-7-17(15)16/h1-7,14H,8-13H2. The third-order valence-corrected chi connectivity index (χ3v) is 5.13. The van der Waals surface area contributed by atoms with Crippen LogP contribution in [-0.4, -0.2) is 47.2 Å². The summed E-state index contributed by atoms with van der Waals surface area (Å²) in [5, 5.41) is 2.25. The molecule has 0 radical (unpaired) electrons. The van der Waals surface area contributed by atoms with Gasteiger partial charge in [0, 0.05) is 38.4 Å². The molecule has 2 aliphatic heterocycles. The van der Waals surface area contributed by atoms with E-state index in [9.17, 15) is 14.4 Å². The van der Waals surface area contributed by atoms with Crippen LogP contribution < -0.4 is 0 Å². The molecule has 0 bridgehead atoms. The number of carbonyl (C=O) groups excluding carboxylic acids is 3. The van der Waals surface area contributed by atoms with Gasteiger partial charge in [-0.3, -0.25) is 19.3 Å². The Balaban J connectivity index is 1.36. The summed E-state index contributed by atoms with van der Waals surface area (Å²) < 4.78 is 0. The van der Waals surface area contributed by atoms with Gasteiger partial charge in [0.15, 0.2) is 0 Å². The molecular weight excluding hydrogens is 316 g/mol. The van der Waals surface area contributed by atoms with Crippen molar-refractivity contribution in [2.24, 2.45) is 5.92 Å². The Kier molecular flexibility index (Phi) is 3.99. The zero-order valence-electron chi connectivity index (χ0n) is 14.0. The molecule has 2 heterocycles. The Morgan fingerprint density at radius 1 is 0.960 bits per heavy atom. The quantitative estimate of drug-likeness (QED) is 0.803. The van der Waals surface area contributed by atoms with Crippen LogP contribution in [-0.2, 0) is 20.8 Å². The lowest BCUT2D eigenvalue weighted by molar-refractivity contribution is -0.142. The van der Waals surface area contributed by atoms with E-state index in [1.807, 2.05) is 47.4 Å². The minimum absolute atomic E-state index is 0.0782. The summed E-state index contributed by atoms with van der Waals surface area (Å²) in [5.41, 5.74) is 1.04. The number of nitrogens with zero attached hydrogens (tertiary/aromatic N) is 2. The summed E-state index contributed by atoms with van der Waals surface area (Å²) in [7, 11) is 0. The summed E-state index contributed by atoms with van der Waals surface area (Å²) in [6, 6.07) is 14.1. The zero-order valence-corrected chi connectivity index (χ0v) is 14.0. The van der Waals surface area contributed by atoms with Crippen molar-refractivity contribution < 1.29 is 14.4 Å². The SMILES string of the molecule is O=C(Cc1cccc2ccccc12)N1CC(CN2C(=O)CCC2=O)C1. The highest BCUT2D eigenvalue weighted by Gasteiger charge is 2.36. The van der Waals surface area contributed by atoms with Crippen molar-refractivity contribution in [1.29, 1.82) is 0 Å². The summed E-state index contributed by atoms with van der Waals surface area (Å²) in [4.78, 5) is 39.0. The van der Waals surface area contributed by atoms with Crippen LogP contribution in [0.1, 0.15) is 18.4 Å². The predicted molar refractivity (Wildman–Crippen MR) is 93.7 cm³/mol. The molecule has 0 aliphatic carbocycles. The number of carbonyl (C=O) groups is 3. The number of hydrogen-bond donors (Lipinski definition) is 0. The smallest absolute Gasteiger partial charge is 0.229 e. The van der Waals surface area contributed by atoms with Crippen molar-refractivity contribution in [2.75, 3.05) is 19.6 Å². The van der Waals surface area contributed by atoms with Crippen LogP contribution in [0.3, 0.4) is 0 Å². The first-order chi connectivity index (χ1) is 12.1. The van der Waals surface area contributed by atoms with Crippen molar-refractivity contribution >= 4 is 28.5 Å². The largest absolute Gasteiger partial charge is 0.342 e. The van der Waals surface area contributed by atoms with E-state index >= 15 is 0 Å². The average Bonchev–Trinajstić information content (AvgIpc) is 2.89. The molecule has 2 aromatic rings. The number of hydrogen-bond acceptors (Lipinski definition) is 3. The zero-order chi connectivity index (χ0) is 17.4. The molecule has 25 heavy (non-hydrogen) atoms. The molecule has 0 unspecified atom stereocenters. The number of benzene rings is 2. The van der Waals surface area contributed by atoms with E-state index < -0.39 is 0 Å². The third kappa shape index (κ3) is 3.02. The number of amides is 3. The van der Waals surface area contributed by atoms with Gasteiger partial charge in [-0.2, -0.15) is 0 Å². The minimum atomic E-state index is -0.0782. The van der Waals surface area contributed by atoms with Gasteiger partial charge in [-0.1, -0.05) is 42.5 Å². The highest BCUT2D eigenvalue weighted by Crippen LogP contribution is 2.24. The maximum Gasteiger partial charge on any atom is 0.229 e. The molecule has 2 saturated heterocycles. The van der Waals surface area contributed by atoms with Crippen LogP contribution in [0.25, 0.3) is 10.8 Å². The molecule has 3 amide bonds. The van der Waals surface area contributed by atoms with Gasteiger partial charge in [0.1, 0.15) is 0 Å². The van der Waals surface area contributed by atoms with Gasteiger partial charge < -0.3 is 4.90 Å². The van der Waals surface area contributed by atoms with E-state index in [2.05, 4.69) is 0 Å². The molecular formula is C20H20N2O3. The fraction of sp³-hybridized carbons (Fsp3) is 0.350. The molecule has 2 aromatic carbocycles. The van der Waals surface area contributed by atoms with E-state index in [-0.39, 0.29) is 23.6 Å². The monoisotopic (exact) mass is 336 g/mol. The highest BCUT2D eigenvalue weighted by atomic mass is 16.2. The lowest BCUT2D eigenvalue weighted by Gasteiger charge is -2.40. The second-order valence-corrected chi connectivity index (χ2v) is 6.88. The highest BCUT2D eigenvalue weighted by molar-refractivity contribution is 6.02. The summed E-state index contributed by atoms with van der Waals surface area (Å²) in [6.07, 6.45) is 1.04. The van der Waals surface area contributed by atoms with Crippen LogP contribution >= 0.6 is 0 Å². The fourth-order valence-corrected chi connectivity index (χ4v) is 3.70. The molecule has 0 N–H and O–H groups in total. The molecule has 2 fully saturated rings. The molecule has 0 spiro atoms. The number of fused-ring (bicyclic) bond motifs is 1. The van der Waals surface area contributed by atoms with Crippen LogP contribution in [0, 0.1) is 5.92 Å². The summed E-state index contributed by atoms with van der Waals surface area (Å²) in [6.45, 7) is 1.71. The second kappa shape index (κ2) is 6.31. The molecule has 5 nitrogen and oxygen atoms in total. The van der Waals surface area contributed by atoms with Crippen molar-refractivity contribution in [3.63, 3.8) is 0 Å². The second-order valence-electron chi connectivity index (χ2n) is 6.88. The Morgan fingerprint density at radius 2 is 1.64 bits per heavy atom. The van der Waals surface area contributed by atoms with Gasteiger partial charge in [-0.15, -0.1) is 0 Å². The van der Waals surface area contributed by atoms with E-state index in [1.165, 1.54) is 4.90 Å². The van der Waals surface area contributed by atoms with Crippen molar-refractivity contribution in [3.8, 4) is 0 Å². The first-order valence-corrected chi connectivity index (χ1v) is 8.69.